The number of methoxy groups -OCH3 is 1. The van der Waals surface area contributed by atoms with Gasteiger partial charge in [0.1, 0.15) is 5.75 Å². The molecule has 2 N–H and O–H groups in total. The van der Waals surface area contributed by atoms with Gasteiger partial charge in [-0.25, -0.2) is 0 Å². The van der Waals surface area contributed by atoms with Crippen molar-refractivity contribution < 1.29 is 9.53 Å². The standard InChI is InChI=1S/C18H20N2O2/c1-22-15-7-4-13(5-8-15)18(21)14-6-9-17(16(19)12-14)20-10-2-3-11-20/h4-9,12H,2-3,10-11,19H2,1H3. The molecule has 1 heterocycles. The van der Waals surface area contributed by atoms with Gasteiger partial charge in [-0.15, -0.1) is 0 Å². The molecule has 114 valence electrons. The normalized spacial score (nSPS) is 14.1. The summed E-state index contributed by atoms with van der Waals surface area (Å²) in [6.07, 6.45) is 2.40. The van der Waals surface area contributed by atoms with Crippen LogP contribution in [0.15, 0.2) is 42.5 Å². The quantitative estimate of drug-likeness (QED) is 0.696. The van der Waals surface area contributed by atoms with E-state index < -0.39 is 0 Å². The molecule has 1 fully saturated rings. The summed E-state index contributed by atoms with van der Waals surface area (Å²) in [4.78, 5) is 14.8. The highest BCUT2D eigenvalue weighted by Gasteiger charge is 2.17. The molecule has 22 heavy (non-hydrogen) atoms. The summed E-state index contributed by atoms with van der Waals surface area (Å²) in [5.41, 5.74) is 9.10. The molecule has 0 amide bonds. The Morgan fingerprint density at radius 2 is 1.68 bits per heavy atom. The van der Waals surface area contributed by atoms with Crippen LogP contribution in [0.25, 0.3) is 0 Å². The summed E-state index contributed by atoms with van der Waals surface area (Å²) in [5.74, 6) is 0.711. The van der Waals surface area contributed by atoms with Crippen molar-refractivity contribution in [3.8, 4) is 5.75 Å². The Morgan fingerprint density at radius 3 is 2.27 bits per heavy atom. The highest BCUT2D eigenvalue weighted by molar-refractivity contribution is 6.09. The van der Waals surface area contributed by atoms with Crippen LogP contribution in [0.5, 0.6) is 5.75 Å². The van der Waals surface area contributed by atoms with E-state index in [2.05, 4.69) is 4.90 Å². The summed E-state index contributed by atoms with van der Waals surface area (Å²) in [7, 11) is 1.61. The second-order valence-electron chi connectivity index (χ2n) is 5.53. The van der Waals surface area contributed by atoms with Crippen molar-refractivity contribution in [3.05, 3.63) is 53.6 Å². The van der Waals surface area contributed by atoms with Gasteiger partial charge in [0.2, 0.25) is 0 Å². The van der Waals surface area contributed by atoms with E-state index in [4.69, 9.17) is 10.5 Å². The largest absolute Gasteiger partial charge is 0.497 e. The summed E-state index contributed by atoms with van der Waals surface area (Å²) < 4.78 is 5.11. The monoisotopic (exact) mass is 296 g/mol. The second-order valence-corrected chi connectivity index (χ2v) is 5.53. The number of rotatable bonds is 4. The zero-order valence-corrected chi connectivity index (χ0v) is 12.7. The molecule has 0 radical (unpaired) electrons. The van der Waals surface area contributed by atoms with Gasteiger partial charge in [0.05, 0.1) is 18.5 Å². The lowest BCUT2D eigenvalue weighted by molar-refractivity contribution is 0.103. The molecule has 1 aliphatic rings. The third kappa shape index (κ3) is 2.77. The summed E-state index contributed by atoms with van der Waals surface area (Å²) >= 11 is 0. The van der Waals surface area contributed by atoms with Gasteiger partial charge in [0.15, 0.2) is 5.78 Å². The molecule has 0 saturated carbocycles. The average Bonchev–Trinajstić information content (AvgIpc) is 3.08. The number of ketones is 1. The van der Waals surface area contributed by atoms with Gasteiger partial charge in [-0.05, 0) is 55.3 Å². The number of anilines is 2. The van der Waals surface area contributed by atoms with Crippen molar-refractivity contribution in [3.63, 3.8) is 0 Å². The minimum Gasteiger partial charge on any atom is -0.497 e. The Kier molecular flexibility index (Phi) is 4.00. The molecule has 1 aliphatic heterocycles. The average molecular weight is 296 g/mol. The maximum Gasteiger partial charge on any atom is 0.193 e. The lowest BCUT2D eigenvalue weighted by Crippen LogP contribution is -2.19. The first-order chi connectivity index (χ1) is 10.7. The molecule has 2 aromatic carbocycles. The number of carbonyl (C=O) groups excluding carboxylic acids is 1. The molecule has 0 aromatic heterocycles. The van der Waals surface area contributed by atoms with Crippen molar-refractivity contribution in [2.75, 3.05) is 30.8 Å². The second kappa shape index (κ2) is 6.10. The molecule has 0 atom stereocenters. The maximum atomic E-state index is 12.5. The molecule has 4 nitrogen and oxygen atoms in total. The van der Waals surface area contributed by atoms with Gasteiger partial charge >= 0.3 is 0 Å². The van der Waals surface area contributed by atoms with Gasteiger partial charge in [0, 0.05) is 24.2 Å². The van der Waals surface area contributed by atoms with E-state index in [0.717, 1.165) is 24.5 Å². The summed E-state index contributed by atoms with van der Waals surface area (Å²) in [5, 5.41) is 0. The van der Waals surface area contributed by atoms with E-state index in [9.17, 15) is 4.79 Å². The number of ether oxygens (including phenoxy) is 1. The Hall–Kier alpha value is -2.49. The zero-order valence-electron chi connectivity index (χ0n) is 12.7. The van der Waals surface area contributed by atoms with Crippen LogP contribution >= 0.6 is 0 Å². The highest BCUT2D eigenvalue weighted by Crippen LogP contribution is 2.28. The molecule has 0 spiro atoms. The number of nitrogen functional groups attached to an aromatic ring is 1. The smallest absolute Gasteiger partial charge is 0.193 e. The number of carbonyl (C=O) groups is 1. The van der Waals surface area contributed by atoms with Crippen molar-refractivity contribution in [2.24, 2.45) is 0 Å². The van der Waals surface area contributed by atoms with Crippen LogP contribution in [0.2, 0.25) is 0 Å². The molecule has 2 aromatic rings. The van der Waals surface area contributed by atoms with Crippen LogP contribution in [0, 0.1) is 0 Å². The zero-order chi connectivity index (χ0) is 15.5. The summed E-state index contributed by atoms with van der Waals surface area (Å²) in [6.45, 7) is 2.08. The van der Waals surface area contributed by atoms with Crippen LogP contribution in [0.1, 0.15) is 28.8 Å². The minimum absolute atomic E-state index is 0.0256. The highest BCUT2D eigenvalue weighted by atomic mass is 16.5. The van der Waals surface area contributed by atoms with Crippen LogP contribution in [0.3, 0.4) is 0 Å². The molecule has 0 bridgehead atoms. The minimum atomic E-state index is -0.0256. The number of hydrogen-bond donors (Lipinski definition) is 1. The van der Waals surface area contributed by atoms with E-state index in [1.54, 1.807) is 37.4 Å². The van der Waals surface area contributed by atoms with E-state index in [0.29, 0.717) is 16.8 Å². The van der Waals surface area contributed by atoms with Gasteiger partial charge < -0.3 is 15.4 Å². The molecule has 0 unspecified atom stereocenters. The first kappa shape index (κ1) is 14.4. The van der Waals surface area contributed by atoms with Crippen molar-refractivity contribution in [1.82, 2.24) is 0 Å². The Morgan fingerprint density at radius 1 is 1.05 bits per heavy atom. The van der Waals surface area contributed by atoms with Gasteiger partial charge in [-0.1, -0.05) is 0 Å². The lowest BCUT2D eigenvalue weighted by atomic mass is 10.0. The lowest BCUT2D eigenvalue weighted by Gasteiger charge is -2.20. The maximum absolute atomic E-state index is 12.5. The van der Waals surface area contributed by atoms with Crippen molar-refractivity contribution in [2.45, 2.75) is 12.8 Å². The van der Waals surface area contributed by atoms with E-state index in [-0.39, 0.29) is 5.78 Å². The van der Waals surface area contributed by atoms with Gasteiger partial charge in [-0.3, -0.25) is 4.79 Å². The first-order valence-electron chi connectivity index (χ1n) is 7.52. The molecular formula is C18H20N2O2. The van der Waals surface area contributed by atoms with Crippen molar-refractivity contribution >= 4 is 17.2 Å². The fraction of sp³-hybridized carbons (Fsp3) is 0.278. The van der Waals surface area contributed by atoms with Gasteiger partial charge in [0.25, 0.3) is 0 Å². The van der Waals surface area contributed by atoms with E-state index in [1.807, 2.05) is 12.1 Å². The molecule has 3 rings (SSSR count). The fourth-order valence-corrected chi connectivity index (χ4v) is 2.85. The number of nitrogens with two attached hydrogens (primary N) is 1. The first-order valence-corrected chi connectivity index (χ1v) is 7.52. The fourth-order valence-electron chi connectivity index (χ4n) is 2.85. The molecule has 4 heteroatoms. The Bertz CT molecular complexity index is 674. The third-order valence-corrected chi connectivity index (χ3v) is 4.09. The Labute approximate surface area is 130 Å². The molecular weight excluding hydrogens is 276 g/mol. The van der Waals surface area contributed by atoms with Crippen LogP contribution in [-0.2, 0) is 0 Å². The van der Waals surface area contributed by atoms with Crippen molar-refractivity contribution in [1.29, 1.82) is 0 Å². The summed E-state index contributed by atoms with van der Waals surface area (Å²) in [6, 6.07) is 12.7. The van der Waals surface area contributed by atoms with E-state index in [1.165, 1.54) is 12.8 Å². The predicted octanol–water partition coefficient (Wildman–Crippen LogP) is 3.11. The van der Waals surface area contributed by atoms with Crippen LogP contribution in [0.4, 0.5) is 11.4 Å². The van der Waals surface area contributed by atoms with Crippen LogP contribution in [-0.4, -0.2) is 26.0 Å². The van der Waals surface area contributed by atoms with Crippen LogP contribution < -0.4 is 15.4 Å². The number of benzene rings is 2. The number of nitrogens with zero attached hydrogens (tertiary/aromatic N) is 1. The molecule has 1 saturated heterocycles. The Balaban J connectivity index is 1.84. The SMILES string of the molecule is COc1ccc(C(=O)c2ccc(N3CCCC3)c(N)c2)cc1. The topological polar surface area (TPSA) is 55.6 Å². The number of hydrogen-bond acceptors (Lipinski definition) is 4. The molecule has 0 aliphatic carbocycles. The van der Waals surface area contributed by atoms with E-state index >= 15 is 0 Å². The van der Waals surface area contributed by atoms with Gasteiger partial charge in [-0.2, -0.15) is 0 Å². The third-order valence-electron chi connectivity index (χ3n) is 4.09. The predicted molar refractivity (Wildman–Crippen MR) is 88.7 cm³/mol.